The molecule has 3 amide bonds. The van der Waals surface area contributed by atoms with Gasteiger partial charge in [-0.1, -0.05) is 12.1 Å². The highest BCUT2D eigenvalue weighted by molar-refractivity contribution is 6.32. The first-order valence-corrected chi connectivity index (χ1v) is 11.9. The van der Waals surface area contributed by atoms with Gasteiger partial charge in [-0.2, -0.15) is 0 Å². The second-order valence-corrected chi connectivity index (χ2v) is 9.69. The van der Waals surface area contributed by atoms with E-state index in [0.717, 1.165) is 11.1 Å². The molecule has 37 heavy (non-hydrogen) atoms. The molecule has 0 saturated carbocycles. The van der Waals surface area contributed by atoms with Crippen LogP contribution in [0.15, 0.2) is 54.3 Å². The van der Waals surface area contributed by atoms with E-state index in [4.69, 9.17) is 4.74 Å². The molecule has 0 bridgehead atoms. The van der Waals surface area contributed by atoms with Crippen LogP contribution in [-0.2, 0) is 9.53 Å². The standard InChI is InChI=1S/C27H26FN3O6/c1-27(2)20(12-22(37-27)23-19-8-7-17(28)11-21(19)29-24(23)33)15-3-5-16(6-4-15)25(34)31-10-9-30(26(35)36)13-18(31)14-32/h3-8,11-12,18,32H,9-10,13-14H2,1-2H3,(H,29,33)(H,35,36). The van der Waals surface area contributed by atoms with Gasteiger partial charge in [0.2, 0.25) is 0 Å². The summed E-state index contributed by atoms with van der Waals surface area (Å²) in [6, 6.07) is 10.4. The van der Waals surface area contributed by atoms with Crippen LogP contribution in [0.4, 0.5) is 14.9 Å². The van der Waals surface area contributed by atoms with E-state index in [9.17, 15) is 29.0 Å². The van der Waals surface area contributed by atoms with Crippen molar-refractivity contribution in [3.8, 4) is 0 Å². The summed E-state index contributed by atoms with van der Waals surface area (Å²) in [5.74, 6) is -0.727. The van der Waals surface area contributed by atoms with Crippen LogP contribution in [0, 0.1) is 5.82 Å². The molecule has 1 saturated heterocycles. The summed E-state index contributed by atoms with van der Waals surface area (Å²) in [4.78, 5) is 39.8. The molecular weight excluding hydrogens is 481 g/mol. The Balaban J connectivity index is 1.42. The minimum absolute atomic E-state index is 0.0505. The van der Waals surface area contributed by atoms with Crippen molar-refractivity contribution in [3.05, 3.63) is 76.8 Å². The van der Waals surface area contributed by atoms with Gasteiger partial charge < -0.3 is 30.1 Å². The molecule has 5 rings (SSSR count). The fraction of sp³-hybridized carbons (Fsp3) is 0.296. The number of allylic oxidation sites excluding steroid dienone is 1. The van der Waals surface area contributed by atoms with Crippen LogP contribution in [0.5, 0.6) is 0 Å². The van der Waals surface area contributed by atoms with Crippen LogP contribution in [0.3, 0.4) is 0 Å². The maximum Gasteiger partial charge on any atom is 0.407 e. The lowest BCUT2D eigenvalue weighted by Crippen LogP contribution is -2.57. The van der Waals surface area contributed by atoms with Crippen molar-refractivity contribution in [1.82, 2.24) is 9.80 Å². The maximum atomic E-state index is 13.6. The summed E-state index contributed by atoms with van der Waals surface area (Å²) in [6.45, 7) is 3.82. The molecule has 9 nitrogen and oxygen atoms in total. The first kappa shape index (κ1) is 24.5. The summed E-state index contributed by atoms with van der Waals surface area (Å²) in [5.41, 5.74) is 2.53. The van der Waals surface area contributed by atoms with Crippen molar-refractivity contribution in [3.63, 3.8) is 0 Å². The van der Waals surface area contributed by atoms with E-state index in [-0.39, 0.29) is 38.1 Å². The molecule has 2 aromatic rings. The summed E-state index contributed by atoms with van der Waals surface area (Å²) in [7, 11) is 0. The average Bonchev–Trinajstić information content (AvgIpc) is 3.36. The number of rotatable bonds is 3. The predicted octanol–water partition coefficient (Wildman–Crippen LogP) is 3.18. The van der Waals surface area contributed by atoms with Gasteiger partial charge in [-0.3, -0.25) is 9.59 Å². The number of nitrogens with zero attached hydrogens (tertiary/aromatic N) is 2. The summed E-state index contributed by atoms with van der Waals surface area (Å²) in [5, 5.41) is 21.6. The molecule has 1 fully saturated rings. The Kier molecular flexibility index (Phi) is 5.99. The van der Waals surface area contributed by atoms with E-state index in [1.165, 1.54) is 21.9 Å². The monoisotopic (exact) mass is 507 g/mol. The van der Waals surface area contributed by atoms with Gasteiger partial charge in [0, 0.05) is 36.3 Å². The Morgan fingerprint density at radius 2 is 1.89 bits per heavy atom. The van der Waals surface area contributed by atoms with Gasteiger partial charge >= 0.3 is 6.09 Å². The molecule has 0 radical (unpaired) electrons. The van der Waals surface area contributed by atoms with Crippen molar-refractivity contribution in [2.45, 2.75) is 25.5 Å². The van der Waals surface area contributed by atoms with Crippen molar-refractivity contribution in [2.24, 2.45) is 0 Å². The van der Waals surface area contributed by atoms with E-state index in [1.54, 1.807) is 36.4 Å². The van der Waals surface area contributed by atoms with Gasteiger partial charge in [0.05, 0.1) is 23.9 Å². The Morgan fingerprint density at radius 3 is 2.57 bits per heavy atom. The number of aliphatic hydroxyl groups excluding tert-OH is 1. The second kappa shape index (κ2) is 9.04. The van der Waals surface area contributed by atoms with Crippen LogP contribution < -0.4 is 5.32 Å². The molecule has 1 unspecified atom stereocenters. The molecule has 2 aromatic carbocycles. The van der Waals surface area contributed by atoms with Gasteiger partial charge in [-0.05, 0) is 55.8 Å². The Hall–Kier alpha value is -4.18. The number of fused-ring (bicyclic) bond motifs is 1. The number of amides is 3. The van der Waals surface area contributed by atoms with Gasteiger partial charge in [-0.25, -0.2) is 9.18 Å². The van der Waals surface area contributed by atoms with Crippen LogP contribution in [0.25, 0.3) is 11.1 Å². The van der Waals surface area contributed by atoms with E-state index in [0.29, 0.717) is 28.1 Å². The molecule has 3 aliphatic rings. The number of hydrogen-bond acceptors (Lipinski definition) is 5. The van der Waals surface area contributed by atoms with E-state index in [1.807, 2.05) is 13.8 Å². The number of halogens is 1. The molecule has 10 heteroatoms. The zero-order valence-corrected chi connectivity index (χ0v) is 20.3. The highest BCUT2D eigenvalue weighted by Crippen LogP contribution is 2.44. The number of benzene rings is 2. The number of carboxylic acid groups (broad SMARTS) is 1. The zero-order chi connectivity index (χ0) is 26.5. The van der Waals surface area contributed by atoms with Crippen molar-refractivity contribution >= 4 is 34.7 Å². The lowest BCUT2D eigenvalue weighted by atomic mass is 9.91. The fourth-order valence-corrected chi connectivity index (χ4v) is 5.02. The molecule has 0 aliphatic carbocycles. The average molecular weight is 508 g/mol. The number of carbonyl (C=O) groups is 3. The summed E-state index contributed by atoms with van der Waals surface area (Å²) >= 11 is 0. The predicted molar refractivity (Wildman–Crippen MR) is 133 cm³/mol. The Morgan fingerprint density at radius 1 is 1.16 bits per heavy atom. The quantitative estimate of drug-likeness (QED) is 0.549. The maximum absolute atomic E-state index is 13.6. The number of ether oxygens (including phenoxy) is 1. The third-order valence-corrected chi connectivity index (χ3v) is 6.93. The van der Waals surface area contributed by atoms with Gasteiger partial charge in [-0.15, -0.1) is 0 Å². The van der Waals surface area contributed by atoms with Gasteiger partial charge in [0.1, 0.15) is 17.2 Å². The van der Waals surface area contributed by atoms with E-state index >= 15 is 0 Å². The van der Waals surface area contributed by atoms with E-state index < -0.39 is 23.6 Å². The van der Waals surface area contributed by atoms with Crippen LogP contribution >= 0.6 is 0 Å². The molecular formula is C27H26FN3O6. The normalized spacial score (nSPS) is 22.3. The smallest absolute Gasteiger partial charge is 0.407 e. The fourth-order valence-electron chi connectivity index (χ4n) is 5.02. The Labute approximate surface area is 212 Å². The van der Waals surface area contributed by atoms with Crippen molar-refractivity contribution in [1.29, 1.82) is 0 Å². The summed E-state index contributed by atoms with van der Waals surface area (Å²) < 4.78 is 19.8. The van der Waals surface area contributed by atoms with Gasteiger partial charge in [0.15, 0.2) is 0 Å². The molecule has 3 N–H and O–H groups in total. The number of piperazine rings is 1. The van der Waals surface area contributed by atoms with Crippen LogP contribution in [0.2, 0.25) is 0 Å². The lowest BCUT2D eigenvalue weighted by Gasteiger charge is -2.39. The second-order valence-electron chi connectivity index (χ2n) is 9.69. The first-order valence-electron chi connectivity index (χ1n) is 11.9. The molecule has 3 heterocycles. The molecule has 0 aromatic heterocycles. The van der Waals surface area contributed by atoms with Crippen LogP contribution in [-0.4, -0.2) is 75.8 Å². The number of aliphatic hydroxyl groups is 1. The minimum Gasteiger partial charge on any atom is -0.482 e. The number of hydrogen-bond donors (Lipinski definition) is 3. The minimum atomic E-state index is -1.08. The molecule has 3 aliphatic heterocycles. The zero-order valence-electron chi connectivity index (χ0n) is 20.3. The Bertz CT molecular complexity index is 1360. The third-order valence-electron chi connectivity index (χ3n) is 6.93. The summed E-state index contributed by atoms with van der Waals surface area (Å²) in [6.07, 6.45) is 0.710. The highest BCUT2D eigenvalue weighted by Gasteiger charge is 2.38. The van der Waals surface area contributed by atoms with E-state index in [2.05, 4.69) is 5.32 Å². The van der Waals surface area contributed by atoms with Gasteiger partial charge in [0.25, 0.3) is 11.8 Å². The van der Waals surface area contributed by atoms with Crippen molar-refractivity contribution < 1.29 is 33.7 Å². The number of carbonyl (C=O) groups excluding carboxylic acids is 2. The number of nitrogens with one attached hydrogen (secondary N) is 1. The molecule has 1 atom stereocenters. The van der Waals surface area contributed by atoms with Crippen molar-refractivity contribution in [2.75, 3.05) is 31.6 Å². The largest absolute Gasteiger partial charge is 0.482 e. The third kappa shape index (κ3) is 4.33. The molecule has 192 valence electrons. The number of anilines is 1. The topological polar surface area (TPSA) is 119 Å². The molecule has 0 spiro atoms. The SMILES string of the molecule is CC1(C)OC(=C2C(=O)Nc3cc(F)ccc32)C=C1c1ccc(C(=O)N2CCN(C(=O)O)CC2CO)cc1. The highest BCUT2D eigenvalue weighted by atomic mass is 19.1. The van der Waals surface area contributed by atoms with Crippen LogP contribution in [0.1, 0.15) is 35.3 Å². The first-order chi connectivity index (χ1) is 17.6. The lowest BCUT2D eigenvalue weighted by molar-refractivity contribution is -0.111.